The van der Waals surface area contributed by atoms with E-state index in [1.165, 1.54) is 4.90 Å². The van der Waals surface area contributed by atoms with Crippen molar-refractivity contribution in [3.05, 3.63) is 54.1 Å². The number of anilines is 2. The number of benzene rings is 2. The number of para-hydroxylation sites is 1. The Hall–Kier alpha value is -3.22. The number of carbonyl (C=O) groups is 2. The van der Waals surface area contributed by atoms with E-state index in [9.17, 15) is 9.59 Å². The van der Waals surface area contributed by atoms with Gasteiger partial charge in [-0.1, -0.05) is 24.3 Å². The van der Waals surface area contributed by atoms with Crippen molar-refractivity contribution in [1.29, 1.82) is 0 Å². The van der Waals surface area contributed by atoms with E-state index >= 15 is 0 Å². The van der Waals surface area contributed by atoms with Crippen LogP contribution in [0.4, 0.5) is 21.0 Å². The topological polar surface area (TPSA) is 79.9 Å². The molecule has 2 N–H and O–H groups in total. The van der Waals surface area contributed by atoms with Crippen LogP contribution in [-0.4, -0.2) is 37.9 Å². The molecular formula is C19H19N3O4. The Morgan fingerprint density at radius 1 is 1.19 bits per heavy atom. The maximum atomic E-state index is 12.2. The van der Waals surface area contributed by atoms with Crippen molar-refractivity contribution in [2.75, 3.05) is 29.9 Å². The summed E-state index contributed by atoms with van der Waals surface area (Å²) < 4.78 is 10.7. The minimum atomic E-state index is -0.371. The molecule has 0 saturated carbocycles. The fourth-order valence-electron chi connectivity index (χ4n) is 3.13. The van der Waals surface area contributed by atoms with E-state index in [1.54, 1.807) is 24.3 Å². The van der Waals surface area contributed by atoms with Crippen LogP contribution in [0.5, 0.6) is 5.75 Å². The first-order valence-corrected chi connectivity index (χ1v) is 8.53. The zero-order chi connectivity index (χ0) is 17.9. The third kappa shape index (κ3) is 3.42. The van der Waals surface area contributed by atoms with Crippen LogP contribution in [0.15, 0.2) is 48.5 Å². The highest BCUT2D eigenvalue weighted by molar-refractivity contribution is 5.93. The molecule has 26 heavy (non-hydrogen) atoms. The second-order valence-corrected chi connectivity index (χ2v) is 6.20. The number of urea groups is 1. The van der Waals surface area contributed by atoms with Crippen LogP contribution in [-0.2, 0) is 11.2 Å². The van der Waals surface area contributed by atoms with Gasteiger partial charge in [-0.25, -0.2) is 9.59 Å². The SMILES string of the molecule is O=C(NC[C@@H]1Cc2ccccc2O1)Nc1cccc(N2CCOC2=O)c1. The van der Waals surface area contributed by atoms with Gasteiger partial charge < -0.3 is 20.1 Å². The van der Waals surface area contributed by atoms with Gasteiger partial charge in [-0.3, -0.25) is 4.90 Å². The Morgan fingerprint density at radius 2 is 2.08 bits per heavy atom. The Bertz CT molecular complexity index is 814. The minimum absolute atomic E-state index is 0.0659. The first-order valence-electron chi connectivity index (χ1n) is 8.53. The molecule has 7 heteroatoms. The molecule has 3 amide bonds. The molecule has 2 heterocycles. The van der Waals surface area contributed by atoms with Crippen molar-refractivity contribution >= 4 is 23.5 Å². The maximum Gasteiger partial charge on any atom is 0.414 e. The molecular weight excluding hydrogens is 334 g/mol. The van der Waals surface area contributed by atoms with Gasteiger partial charge in [0.1, 0.15) is 18.5 Å². The van der Waals surface area contributed by atoms with Gasteiger partial charge in [0, 0.05) is 17.8 Å². The van der Waals surface area contributed by atoms with Crippen LogP contribution in [0.3, 0.4) is 0 Å². The molecule has 0 spiro atoms. The highest BCUT2D eigenvalue weighted by Crippen LogP contribution is 2.27. The fraction of sp³-hybridized carbons (Fsp3) is 0.263. The van der Waals surface area contributed by atoms with Crippen LogP contribution >= 0.6 is 0 Å². The number of rotatable bonds is 4. The third-order valence-electron chi connectivity index (χ3n) is 4.38. The van der Waals surface area contributed by atoms with Crippen LogP contribution in [0.1, 0.15) is 5.56 Å². The number of nitrogens with zero attached hydrogens (tertiary/aromatic N) is 1. The zero-order valence-electron chi connectivity index (χ0n) is 14.1. The molecule has 1 atom stereocenters. The van der Waals surface area contributed by atoms with Gasteiger partial charge in [0.15, 0.2) is 0 Å². The van der Waals surface area contributed by atoms with E-state index in [4.69, 9.17) is 9.47 Å². The van der Waals surface area contributed by atoms with Gasteiger partial charge in [-0.15, -0.1) is 0 Å². The standard InChI is InChI=1S/C19H19N3O4/c23-18(20-12-16-10-13-4-1-2-7-17(13)26-16)21-14-5-3-6-15(11-14)22-8-9-25-19(22)24/h1-7,11,16H,8-10,12H2,(H2,20,21,23)/t16-/m0/s1. The second kappa shape index (κ2) is 6.95. The quantitative estimate of drug-likeness (QED) is 0.886. The number of nitrogens with one attached hydrogen (secondary N) is 2. The normalized spacial score (nSPS) is 18.1. The molecule has 0 unspecified atom stereocenters. The molecule has 2 aromatic rings. The van der Waals surface area contributed by atoms with Crippen molar-refractivity contribution in [2.24, 2.45) is 0 Å². The van der Waals surface area contributed by atoms with E-state index in [1.807, 2.05) is 24.3 Å². The molecule has 0 aliphatic carbocycles. The number of amides is 3. The van der Waals surface area contributed by atoms with Gasteiger partial charge in [0.05, 0.1) is 13.1 Å². The maximum absolute atomic E-state index is 12.2. The fourth-order valence-corrected chi connectivity index (χ4v) is 3.13. The number of hydrogen-bond acceptors (Lipinski definition) is 4. The van der Waals surface area contributed by atoms with Crippen LogP contribution in [0, 0.1) is 0 Å². The molecule has 0 radical (unpaired) electrons. The van der Waals surface area contributed by atoms with Crippen LogP contribution in [0.2, 0.25) is 0 Å². The molecule has 134 valence electrons. The zero-order valence-corrected chi connectivity index (χ0v) is 14.1. The number of ether oxygens (including phenoxy) is 2. The monoisotopic (exact) mass is 353 g/mol. The Kier molecular flexibility index (Phi) is 4.35. The Labute approximate surface area is 150 Å². The van der Waals surface area contributed by atoms with Gasteiger partial charge in [-0.05, 0) is 29.8 Å². The van der Waals surface area contributed by atoms with Crippen molar-refractivity contribution in [1.82, 2.24) is 5.32 Å². The number of carbonyl (C=O) groups excluding carboxylic acids is 2. The number of fused-ring (bicyclic) bond motifs is 1. The van der Waals surface area contributed by atoms with E-state index in [-0.39, 0.29) is 18.2 Å². The minimum Gasteiger partial charge on any atom is -0.488 e. The van der Waals surface area contributed by atoms with E-state index in [2.05, 4.69) is 10.6 Å². The summed E-state index contributed by atoms with van der Waals surface area (Å²) in [6.07, 6.45) is 0.344. The molecule has 2 aliphatic heterocycles. The van der Waals surface area contributed by atoms with Crippen molar-refractivity contribution in [3.8, 4) is 5.75 Å². The average molecular weight is 353 g/mol. The van der Waals surface area contributed by atoms with E-state index in [0.29, 0.717) is 31.1 Å². The molecule has 0 aromatic heterocycles. The molecule has 2 aliphatic rings. The summed E-state index contributed by atoms with van der Waals surface area (Å²) in [5, 5.41) is 5.61. The first kappa shape index (κ1) is 16.3. The van der Waals surface area contributed by atoms with Crippen molar-refractivity contribution < 1.29 is 19.1 Å². The predicted octanol–water partition coefficient (Wildman–Crippen LogP) is 2.77. The first-order chi connectivity index (χ1) is 12.7. The van der Waals surface area contributed by atoms with Crippen LogP contribution in [0.25, 0.3) is 0 Å². The lowest BCUT2D eigenvalue weighted by atomic mass is 10.1. The third-order valence-corrected chi connectivity index (χ3v) is 4.38. The Balaban J connectivity index is 1.31. The smallest absolute Gasteiger partial charge is 0.414 e. The molecule has 0 bridgehead atoms. The highest BCUT2D eigenvalue weighted by atomic mass is 16.6. The lowest BCUT2D eigenvalue weighted by Gasteiger charge is -2.15. The second-order valence-electron chi connectivity index (χ2n) is 6.20. The largest absolute Gasteiger partial charge is 0.488 e. The summed E-state index contributed by atoms with van der Waals surface area (Å²) in [5.41, 5.74) is 2.46. The summed E-state index contributed by atoms with van der Waals surface area (Å²) in [6.45, 7) is 1.30. The van der Waals surface area contributed by atoms with Crippen LogP contribution < -0.4 is 20.3 Å². The van der Waals surface area contributed by atoms with Gasteiger partial charge >= 0.3 is 12.1 Å². The van der Waals surface area contributed by atoms with Crippen molar-refractivity contribution in [2.45, 2.75) is 12.5 Å². The molecule has 1 fully saturated rings. The molecule has 1 saturated heterocycles. The van der Waals surface area contributed by atoms with E-state index in [0.717, 1.165) is 17.7 Å². The number of cyclic esters (lactones) is 1. The van der Waals surface area contributed by atoms with Gasteiger partial charge in [-0.2, -0.15) is 0 Å². The van der Waals surface area contributed by atoms with Crippen molar-refractivity contribution in [3.63, 3.8) is 0 Å². The summed E-state index contributed by atoms with van der Waals surface area (Å²) in [5.74, 6) is 0.880. The van der Waals surface area contributed by atoms with E-state index < -0.39 is 0 Å². The lowest BCUT2D eigenvalue weighted by Crippen LogP contribution is -2.37. The summed E-state index contributed by atoms with van der Waals surface area (Å²) in [6, 6.07) is 14.7. The Morgan fingerprint density at radius 3 is 2.88 bits per heavy atom. The molecule has 2 aromatic carbocycles. The predicted molar refractivity (Wildman–Crippen MR) is 96.7 cm³/mol. The summed E-state index contributed by atoms with van der Waals surface area (Å²) in [4.78, 5) is 25.3. The summed E-state index contributed by atoms with van der Waals surface area (Å²) >= 11 is 0. The lowest BCUT2D eigenvalue weighted by molar-refractivity contribution is 0.181. The molecule has 4 rings (SSSR count). The summed E-state index contributed by atoms with van der Waals surface area (Å²) in [7, 11) is 0. The molecule has 7 nitrogen and oxygen atoms in total. The average Bonchev–Trinajstić information content (AvgIpc) is 3.25. The van der Waals surface area contributed by atoms with Gasteiger partial charge in [0.2, 0.25) is 0 Å². The highest BCUT2D eigenvalue weighted by Gasteiger charge is 2.24. The van der Waals surface area contributed by atoms with Gasteiger partial charge in [0.25, 0.3) is 0 Å². The number of hydrogen-bond donors (Lipinski definition) is 2.